The molecule has 0 radical (unpaired) electrons. The minimum Gasteiger partial charge on any atom is -0.329 e. The molecule has 0 spiro atoms. The van der Waals surface area contributed by atoms with E-state index in [0.717, 1.165) is 58.0 Å². The summed E-state index contributed by atoms with van der Waals surface area (Å²) in [6.07, 6.45) is 3.08. The van der Waals surface area contributed by atoms with Crippen LogP contribution < -0.4 is 10.6 Å². The Balaban J connectivity index is 1.43. The number of fused-ring (bicyclic) bond motifs is 1. The number of nitrogens with one attached hydrogen (secondary N) is 2. The Labute approximate surface area is 220 Å². The Bertz CT molecular complexity index is 1300. The van der Waals surface area contributed by atoms with Crippen molar-refractivity contribution in [3.8, 4) is 11.3 Å². The van der Waals surface area contributed by atoms with Crippen molar-refractivity contribution in [1.29, 1.82) is 0 Å². The molecule has 8 nitrogen and oxygen atoms in total. The van der Waals surface area contributed by atoms with E-state index in [1.54, 1.807) is 17.7 Å². The molecule has 2 atom stereocenters. The number of nitrogens with zero attached hydrogens (tertiary/aromatic N) is 4. The number of benzene rings is 1. The van der Waals surface area contributed by atoms with Crippen LogP contribution in [0.4, 0.5) is 4.79 Å². The number of carbonyl (C=O) groups is 2. The Morgan fingerprint density at radius 3 is 2.81 bits per heavy atom. The number of hydrogen-bond donors (Lipinski definition) is 2. The summed E-state index contributed by atoms with van der Waals surface area (Å²) < 4.78 is 1.03. The fraction of sp³-hybridized carbons (Fsp3) is 0.462. The van der Waals surface area contributed by atoms with E-state index < -0.39 is 0 Å². The van der Waals surface area contributed by atoms with E-state index in [1.807, 2.05) is 12.1 Å². The average molecular weight is 527 g/mol. The molecule has 2 saturated heterocycles. The van der Waals surface area contributed by atoms with Gasteiger partial charge in [-0.15, -0.1) is 11.3 Å². The number of thiophene rings is 1. The Kier molecular flexibility index (Phi) is 7.25. The molecule has 2 aromatic heterocycles. The fourth-order valence-corrected chi connectivity index (χ4v) is 6.45. The highest BCUT2D eigenvalue weighted by Gasteiger charge is 2.28. The summed E-state index contributed by atoms with van der Waals surface area (Å²) in [5.74, 6) is -0.165. The number of urea groups is 1. The van der Waals surface area contributed by atoms with Crippen molar-refractivity contribution in [2.75, 3.05) is 26.2 Å². The lowest BCUT2D eigenvalue weighted by Crippen LogP contribution is -2.53. The first-order valence-electron chi connectivity index (χ1n) is 12.4. The third-order valence-electron chi connectivity index (χ3n) is 7.05. The summed E-state index contributed by atoms with van der Waals surface area (Å²) in [7, 11) is 0. The van der Waals surface area contributed by atoms with E-state index in [4.69, 9.17) is 16.6 Å². The number of amides is 3. The highest BCUT2D eigenvalue weighted by molar-refractivity contribution is 7.19. The van der Waals surface area contributed by atoms with Gasteiger partial charge in [0.1, 0.15) is 6.33 Å². The molecule has 4 heterocycles. The van der Waals surface area contributed by atoms with Crippen molar-refractivity contribution in [2.24, 2.45) is 0 Å². The van der Waals surface area contributed by atoms with Crippen LogP contribution >= 0.6 is 22.9 Å². The van der Waals surface area contributed by atoms with Crippen molar-refractivity contribution in [3.63, 3.8) is 0 Å². The van der Waals surface area contributed by atoms with E-state index in [1.165, 1.54) is 10.5 Å². The molecule has 2 N–H and O–H groups in total. The van der Waals surface area contributed by atoms with Crippen molar-refractivity contribution in [3.05, 3.63) is 45.6 Å². The topological polar surface area (TPSA) is 90.5 Å². The third kappa shape index (κ3) is 5.11. The number of piperazine rings is 1. The highest BCUT2D eigenvalue weighted by Crippen LogP contribution is 2.37. The van der Waals surface area contributed by atoms with Gasteiger partial charge in [0.2, 0.25) is 5.91 Å². The minimum atomic E-state index is -0.304. The molecule has 3 amide bonds. The predicted octanol–water partition coefficient (Wildman–Crippen LogP) is 3.99. The van der Waals surface area contributed by atoms with Crippen molar-refractivity contribution < 1.29 is 9.59 Å². The van der Waals surface area contributed by atoms with E-state index in [9.17, 15) is 9.59 Å². The molecular formula is C26H31ClN6O2S. The average Bonchev–Trinajstić information content (AvgIpc) is 3.40. The van der Waals surface area contributed by atoms with Crippen molar-refractivity contribution in [1.82, 2.24) is 30.4 Å². The van der Waals surface area contributed by atoms with Gasteiger partial charge in [-0.25, -0.2) is 14.8 Å². The quantitative estimate of drug-likeness (QED) is 0.452. The number of carbonyl (C=O) groups excluding carboxylic acids is 2. The first-order chi connectivity index (χ1) is 17.3. The molecule has 0 aliphatic carbocycles. The monoisotopic (exact) mass is 526 g/mol. The van der Waals surface area contributed by atoms with Crippen LogP contribution in [-0.4, -0.2) is 70.0 Å². The van der Waals surface area contributed by atoms with Gasteiger partial charge in [-0.1, -0.05) is 11.6 Å². The summed E-state index contributed by atoms with van der Waals surface area (Å²) in [6.45, 7) is 9.90. The first-order valence-corrected chi connectivity index (χ1v) is 13.6. The van der Waals surface area contributed by atoms with Gasteiger partial charge in [0.25, 0.3) is 0 Å². The summed E-state index contributed by atoms with van der Waals surface area (Å²) in [5, 5.41) is 6.83. The number of aromatic nitrogens is 2. The maximum Gasteiger partial charge on any atom is 0.324 e. The van der Waals surface area contributed by atoms with Crippen LogP contribution in [-0.2, 0) is 17.8 Å². The molecule has 2 fully saturated rings. The van der Waals surface area contributed by atoms with Crippen LogP contribution in [0, 0.1) is 6.92 Å². The zero-order chi connectivity index (χ0) is 25.4. The van der Waals surface area contributed by atoms with Crippen LogP contribution in [0.5, 0.6) is 0 Å². The molecule has 1 aromatic carbocycles. The maximum absolute atomic E-state index is 11.8. The molecule has 3 aromatic rings. The molecule has 190 valence electrons. The van der Waals surface area contributed by atoms with Crippen LogP contribution in [0.3, 0.4) is 0 Å². The molecule has 36 heavy (non-hydrogen) atoms. The highest BCUT2D eigenvalue weighted by atomic mass is 35.5. The first kappa shape index (κ1) is 25.1. The second kappa shape index (κ2) is 10.4. The van der Waals surface area contributed by atoms with Crippen molar-refractivity contribution in [2.45, 2.75) is 52.2 Å². The van der Waals surface area contributed by atoms with Crippen LogP contribution in [0.25, 0.3) is 21.5 Å². The molecule has 10 heteroatoms. The molecule has 0 saturated carbocycles. The standard InChI is InChI=1S/C26H31ClN6O2S/c1-15-7-18(27)8-20(21(15)13-32-12-16(2)28-10-17(32)3)24-25-22(30-14-31-24)9-19(36-25)5-4-6-33-23(34)11-29-26(33)35/h7-9,14,16-17,28H,4-6,10-13H2,1-3H3,(H,29,35)/t16-,17+/m1/s1. The normalized spacial score (nSPS) is 20.9. The summed E-state index contributed by atoms with van der Waals surface area (Å²) in [6, 6.07) is 6.73. The zero-order valence-corrected chi connectivity index (χ0v) is 22.4. The zero-order valence-electron chi connectivity index (χ0n) is 20.8. The van der Waals surface area contributed by atoms with Gasteiger partial charge in [-0.3, -0.25) is 14.6 Å². The van der Waals surface area contributed by atoms with Gasteiger partial charge in [-0.05, 0) is 62.9 Å². The van der Waals surface area contributed by atoms with E-state index in [0.29, 0.717) is 30.1 Å². The Morgan fingerprint density at radius 1 is 1.19 bits per heavy atom. The predicted molar refractivity (Wildman–Crippen MR) is 143 cm³/mol. The molecule has 0 unspecified atom stereocenters. The number of imide groups is 1. The van der Waals surface area contributed by atoms with Gasteiger partial charge < -0.3 is 10.6 Å². The third-order valence-corrected chi connectivity index (χ3v) is 8.46. The SMILES string of the molecule is Cc1cc(Cl)cc(-c2ncnc3cc(CCCN4C(=O)CNC4=O)sc23)c1CN1C[C@@H](C)NC[C@@H]1C. The van der Waals surface area contributed by atoms with Crippen LogP contribution in [0.1, 0.15) is 36.3 Å². The second-order valence-corrected chi connectivity index (χ2v) is 11.4. The summed E-state index contributed by atoms with van der Waals surface area (Å²) in [5.41, 5.74) is 5.27. The fourth-order valence-electron chi connectivity index (χ4n) is 5.03. The lowest BCUT2D eigenvalue weighted by Gasteiger charge is -2.38. The second-order valence-electron chi connectivity index (χ2n) is 9.79. The molecule has 2 aliphatic rings. The van der Waals surface area contributed by atoms with Crippen LogP contribution in [0.15, 0.2) is 24.5 Å². The van der Waals surface area contributed by atoms with E-state index >= 15 is 0 Å². The maximum atomic E-state index is 11.8. The van der Waals surface area contributed by atoms with Gasteiger partial charge >= 0.3 is 6.03 Å². The van der Waals surface area contributed by atoms with Gasteiger partial charge in [0, 0.05) is 53.7 Å². The van der Waals surface area contributed by atoms with Crippen LogP contribution in [0.2, 0.25) is 5.02 Å². The molecular weight excluding hydrogens is 496 g/mol. The Morgan fingerprint density at radius 2 is 2.03 bits per heavy atom. The largest absolute Gasteiger partial charge is 0.329 e. The number of hydrogen-bond acceptors (Lipinski definition) is 7. The molecule has 0 bridgehead atoms. The Hall–Kier alpha value is -2.59. The van der Waals surface area contributed by atoms with Gasteiger partial charge in [-0.2, -0.15) is 0 Å². The van der Waals surface area contributed by atoms with E-state index in [-0.39, 0.29) is 18.5 Å². The number of rotatable bonds is 7. The van der Waals surface area contributed by atoms with E-state index in [2.05, 4.69) is 47.4 Å². The van der Waals surface area contributed by atoms with Gasteiger partial charge in [0.05, 0.1) is 22.5 Å². The summed E-state index contributed by atoms with van der Waals surface area (Å²) in [4.78, 5) is 37.9. The van der Waals surface area contributed by atoms with Crippen molar-refractivity contribution >= 4 is 45.1 Å². The summed E-state index contributed by atoms with van der Waals surface area (Å²) >= 11 is 8.22. The van der Waals surface area contributed by atoms with Gasteiger partial charge in [0.15, 0.2) is 0 Å². The molecule has 2 aliphatic heterocycles. The smallest absolute Gasteiger partial charge is 0.324 e. The number of aryl methyl sites for hydroxylation is 2. The lowest BCUT2D eigenvalue weighted by atomic mass is 9.97. The number of halogens is 1. The lowest BCUT2D eigenvalue weighted by molar-refractivity contribution is -0.125. The molecule has 5 rings (SSSR count). The minimum absolute atomic E-state index is 0.0910.